The summed E-state index contributed by atoms with van der Waals surface area (Å²) >= 11 is 0. The Balaban J connectivity index is 2.11. The monoisotopic (exact) mass is 210 g/mol. The molecule has 0 bridgehead atoms. The highest BCUT2D eigenvalue weighted by molar-refractivity contribution is 5.84. The minimum Gasteiger partial charge on any atom is -0.353 e. The first-order valence-electron chi connectivity index (χ1n) is 6.17. The smallest absolute Gasteiger partial charge is 0.228 e. The maximum atomic E-state index is 12.3. The number of hydrogen-bond acceptors (Lipinski definition) is 2. The molecule has 3 heteroatoms. The Morgan fingerprint density at radius 2 is 2.27 bits per heavy atom. The van der Waals surface area contributed by atoms with Gasteiger partial charge in [0.15, 0.2) is 0 Å². The van der Waals surface area contributed by atoms with Crippen molar-refractivity contribution in [1.29, 1.82) is 0 Å². The molecule has 0 aromatic rings. The summed E-state index contributed by atoms with van der Waals surface area (Å²) in [6.45, 7) is 5.99. The summed E-state index contributed by atoms with van der Waals surface area (Å²) < 4.78 is 0. The highest BCUT2D eigenvalue weighted by Gasteiger charge is 2.49. The lowest BCUT2D eigenvalue weighted by molar-refractivity contribution is -0.134. The van der Waals surface area contributed by atoms with Gasteiger partial charge >= 0.3 is 0 Å². The molecule has 0 aromatic carbocycles. The van der Waals surface area contributed by atoms with E-state index in [1.54, 1.807) is 0 Å². The molecule has 1 saturated carbocycles. The normalized spacial score (nSPS) is 35.3. The highest BCUT2D eigenvalue weighted by atomic mass is 16.2. The van der Waals surface area contributed by atoms with Gasteiger partial charge in [-0.2, -0.15) is 0 Å². The third-order valence-electron chi connectivity index (χ3n) is 3.91. The van der Waals surface area contributed by atoms with Crippen molar-refractivity contribution in [2.24, 2.45) is 11.3 Å². The molecule has 1 saturated heterocycles. The van der Waals surface area contributed by atoms with E-state index >= 15 is 0 Å². The van der Waals surface area contributed by atoms with Crippen LogP contribution in [0.5, 0.6) is 0 Å². The van der Waals surface area contributed by atoms with E-state index in [0.717, 1.165) is 19.5 Å². The molecule has 1 heterocycles. The van der Waals surface area contributed by atoms with Crippen LogP contribution < -0.4 is 10.6 Å². The zero-order valence-electron chi connectivity index (χ0n) is 9.81. The molecule has 2 rings (SSSR count). The molecule has 0 aromatic heterocycles. The van der Waals surface area contributed by atoms with Gasteiger partial charge in [-0.1, -0.05) is 12.8 Å². The first-order valence-corrected chi connectivity index (χ1v) is 6.17. The van der Waals surface area contributed by atoms with E-state index in [4.69, 9.17) is 0 Å². The van der Waals surface area contributed by atoms with E-state index in [-0.39, 0.29) is 17.4 Å². The Kier molecular flexibility index (Phi) is 3.01. The molecule has 86 valence electrons. The maximum absolute atomic E-state index is 12.3. The summed E-state index contributed by atoms with van der Waals surface area (Å²) in [4.78, 5) is 12.3. The zero-order valence-corrected chi connectivity index (χ0v) is 9.81. The Morgan fingerprint density at radius 3 is 3.00 bits per heavy atom. The van der Waals surface area contributed by atoms with Gasteiger partial charge in [0.1, 0.15) is 0 Å². The van der Waals surface area contributed by atoms with Crippen molar-refractivity contribution in [1.82, 2.24) is 10.6 Å². The van der Waals surface area contributed by atoms with Crippen LogP contribution >= 0.6 is 0 Å². The molecule has 0 radical (unpaired) electrons. The molecule has 2 N–H and O–H groups in total. The molecule has 3 nitrogen and oxygen atoms in total. The first kappa shape index (κ1) is 10.9. The predicted molar refractivity (Wildman–Crippen MR) is 60.5 cm³/mol. The third kappa shape index (κ3) is 1.89. The molecule has 1 amide bonds. The van der Waals surface area contributed by atoms with Crippen LogP contribution in [0.25, 0.3) is 0 Å². The number of nitrogens with one attached hydrogen (secondary N) is 2. The molecular weight excluding hydrogens is 188 g/mol. The van der Waals surface area contributed by atoms with Gasteiger partial charge in [-0.15, -0.1) is 0 Å². The lowest BCUT2D eigenvalue weighted by Gasteiger charge is -2.37. The van der Waals surface area contributed by atoms with E-state index in [0.29, 0.717) is 5.92 Å². The van der Waals surface area contributed by atoms with E-state index in [1.807, 2.05) is 13.8 Å². The number of rotatable bonds is 2. The van der Waals surface area contributed by atoms with Gasteiger partial charge in [-0.05, 0) is 39.2 Å². The predicted octanol–water partition coefficient (Wildman–Crippen LogP) is 1.29. The molecule has 2 fully saturated rings. The minimum atomic E-state index is -0.0808. The molecular formula is C12H22N2O. The van der Waals surface area contributed by atoms with Gasteiger partial charge in [0, 0.05) is 12.6 Å². The summed E-state index contributed by atoms with van der Waals surface area (Å²) in [5.41, 5.74) is -0.0808. The number of carbonyl (C=O) groups is 1. The molecule has 1 aliphatic carbocycles. The second-order valence-electron chi connectivity index (χ2n) is 5.36. The van der Waals surface area contributed by atoms with Gasteiger partial charge in [-0.3, -0.25) is 4.79 Å². The van der Waals surface area contributed by atoms with Gasteiger partial charge in [0.2, 0.25) is 5.91 Å². The van der Waals surface area contributed by atoms with Crippen LogP contribution in [0.15, 0.2) is 0 Å². The molecule has 15 heavy (non-hydrogen) atoms. The van der Waals surface area contributed by atoms with Crippen molar-refractivity contribution >= 4 is 5.91 Å². The number of carbonyl (C=O) groups excluding carboxylic acids is 1. The molecule has 1 aliphatic heterocycles. The van der Waals surface area contributed by atoms with Crippen LogP contribution in [-0.2, 0) is 4.79 Å². The number of hydrogen-bond donors (Lipinski definition) is 2. The summed E-state index contributed by atoms with van der Waals surface area (Å²) in [7, 11) is 0. The van der Waals surface area contributed by atoms with Crippen molar-refractivity contribution in [3.8, 4) is 0 Å². The lowest BCUT2D eigenvalue weighted by Crippen LogP contribution is -2.49. The largest absolute Gasteiger partial charge is 0.353 e. The van der Waals surface area contributed by atoms with Crippen molar-refractivity contribution in [2.75, 3.05) is 13.1 Å². The summed E-state index contributed by atoms with van der Waals surface area (Å²) in [5.74, 6) is 0.859. The van der Waals surface area contributed by atoms with Gasteiger partial charge in [-0.25, -0.2) is 0 Å². The third-order valence-corrected chi connectivity index (χ3v) is 3.91. The second-order valence-corrected chi connectivity index (χ2v) is 5.36. The quantitative estimate of drug-likeness (QED) is 0.721. The fraction of sp³-hybridized carbons (Fsp3) is 0.917. The van der Waals surface area contributed by atoms with Crippen LogP contribution in [0.3, 0.4) is 0 Å². The Hall–Kier alpha value is -0.570. The van der Waals surface area contributed by atoms with Crippen LogP contribution in [0, 0.1) is 11.3 Å². The van der Waals surface area contributed by atoms with Crippen molar-refractivity contribution in [2.45, 2.75) is 45.6 Å². The highest BCUT2D eigenvalue weighted by Crippen LogP contribution is 2.43. The summed E-state index contributed by atoms with van der Waals surface area (Å²) in [6, 6.07) is 0.259. The summed E-state index contributed by atoms with van der Waals surface area (Å²) in [5, 5.41) is 6.49. The topological polar surface area (TPSA) is 41.1 Å². The van der Waals surface area contributed by atoms with Crippen LogP contribution in [0.1, 0.15) is 39.5 Å². The fourth-order valence-corrected chi connectivity index (χ4v) is 3.10. The van der Waals surface area contributed by atoms with E-state index in [9.17, 15) is 4.79 Å². The average molecular weight is 210 g/mol. The lowest BCUT2D eigenvalue weighted by atomic mass is 9.67. The van der Waals surface area contributed by atoms with E-state index in [2.05, 4.69) is 10.6 Å². The standard InChI is InChI=1S/C12H22N2O/c1-9(2)14-11(15)12-6-4-3-5-10(12)7-13-8-12/h9-10,13H,3-8H2,1-2H3,(H,14,15)/t10-,12+/m0/s1. The van der Waals surface area contributed by atoms with Gasteiger partial charge < -0.3 is 10.6 Å². The zero-order chi connectivity index (χ0) is 10.9. The van der Waals surface area contributed by atoms with Crippen LogP contribution in [-0.4, -0.2) is 25.0 Å². The maximum Gasteiger partial charge on any atom is 0.228 e. The van der Waals surface area contributed by atoms with Crippen LogP contribution in [0.2, 0.25) is 0 Å². The first-order chi connectivity index (χ1) is 7.15. The Morgan fingerprint density at radius 1 is 1.47 bits per heavy atom. The van der Waals surface area contributed by atoms with Crippen molar-refractivity contribution < 1.29 is 4.79 Å². The summed E-state index contributed by atoms with van der Waals surface area (Å²) in [6.07, 6.45) is 4.80. The molecule has 0 unspecified atom stereocenters. The average Bonchev–Trinajstić information content (AvgIpc) is 2.61. The fourth-order valence-electron chi connectivity index (χ4n) is 3.10. The van der Waals surface area contributed by atoms with E-state index in [1.165, 1.54) is 19.3 Å². The second kappa shape index (κ2) is 4.12. The van der Waals surface area contributed by atoms with Gasteiger partial charge in [0.05, 0.1) is 5.41 Å². The van der Waals surface area contributed by atoms with E-state index < -0.39 is 0 Å². The Bertz CT molecular complexity index is 252. The molecule has 0 spiro atoms. The van der Waals surface area contributed by atoms with Crippen molar-refractivity contribution in [3.63, 3.8) is 0 Å². The molecule has 2 atom stereocenters. The van der Waals surface area contributed by atoms with Crippen molar-refractivity contribution in [3.05, 3.63) is 0 Å². The number of fused-ring (bicyclic) bond motifs is 1. The van der Waals surface area contributed by atoms with Gasteiger partial charge in [0.25, 0.3) is 0 Å². The Labute approximate surface area is 92.0 Å². The number of amides is 1. The minimum absolute atomic E-state index is 0.0808. The van der Waals surface area contributed by atoms with Crippen LogP contribution in [0.4, 0.5) is 0 Å². The SMILES string of the molecule is CC(C)NC(=O)[C@@]12CCCC[C@H]1CNC2. The molecule has 2 aliphatic rings.